The second-order valence-corrected chi connectivity index (χ2v) is 8.77. The summed E-state index contributed by atoms with van der Waals surface area (Å²) in [5, 5.41) is 25.3. The molecule has 0 bridgehead atoms. The molecular formula is C26H22N2O6. The summed E-state index contributed by atoms with van der Waals surface area (Å²) in [5.74, 6) is -1.25. The Kier molecular flexibility index (Phi) is 5.17. The van der Waals surface area contributed by atoms with E-state index < -0.39 is 23.1 Å². The van der Waals surface area contributed by atoms with Crippen LogP contribution < -0.4 is 10.0 Å². The molecule has 0 saturated heterocycles. The van der Waals surface area contributed by atoms with Gasteiger partial charge in [0.15, 0.2) is 18.2 Å². The van der Waals surface area contributed by atoms with Crippen molar-refractivity contribution in [3.8, 4) is 0 Å². The first-order chi connectivity index (χ1) is 16.3. The van der Waals surface area contributed by atoms with Crippen LogP contribution in [0, 0.1) is 5.21 Å². The van der Waals surface area contributed by atoms with Gasteiger partial charge in [0.25, 0.3) is 5.91 Å². The molecule has 8 heteroatoms. The molecule has 1 amide bonds. The molecule has 1 fully saturated rings. The van der Waals surface area contributed by atoms with Gasteiger partial charge in [-0.2, -0.15) is 4.73 Å². The number of esters is 1. The van der Waals surface area contributed by atoms with Gasteiger partial charge in [-0.1, -0.05) is 30.3 Å². The Morgan fingerprint density at radius 3 is 2.26 bits per heavy atom. The van der Waals surface area contributed by atoms with Gasteiger partial charge in [-0.05, 0) is 49.9 Å². The minimum atomic E-state index is -1.63. The lowest BCUT2D eigenvalue weighted by Crippen LogP contribution is -2.49. The monoisotopic (exact) mass is 458 g/mol. The number of nitrogens with one attached hydrogen (secondary N) is 1. The van der Waals surface area contributed by atoms with Crippen molar-refractivity contribution in [2.24, 2.45) is 0 Å². The highest BCUT2D eigenvalue weighted by atomic mass is 16.6. The van der Waals surface area contributed by atoms with Gasteiger partial charge in [-0.15, -0.1) is 0 Å². The molecule has 8 nitrogen and oxygen atoms in total. The summed E-state index contributed by atoms with van der Waals surface area (Å²) in [4.78, 5) is 37.7. The van der Waals surface area contributed by atoms with Crippen LogP contribution >= 0.6 is 0 Å². The number of rotatable bonds is 4. The first-order valence-corrected chi connectivity index (χ1v) is 11.0. The number of aromatic nitrogens is 1. The van der Waals surface area contributed by atoms with E-state index in [1.54, 1.807) is 54.6 Å². The fourth-order valence-corrected chi connectivity index (χ4v) is 4.70. The molecule has 1 aliphatic carbocycles. The smallest absolute Gasteiger partial charge is 0.345 e. The number of hydrogen-bond donors (Lipinski definition) is 2. The lowest BCUT2D eigenvalue weighted by molar-refractivity contribution is -0.605. The largest absolute Gasteiger partial charge is 0.619 e. The molecule has 172 valence electrons. The fourth-order valence-electron chi connectivity index (χ4n) is 4.70. The van der Waals surface area contributed by atoms with Crippen LogP contribution in [-0.4, -0.2) is 28.4 Å². The van der Waals surface area contributed by atoms with Crippen molar-refractivity contribution in [1.29, 1.82) is 0 Å². The number of carbonyl (C=O) groups excluding carboxylic acids is 3. The van der Waals surface area contributed by atoms with E-state index in [-0.39, 0.29) is 37.0 Å². The molecule has 0 radical (unpaired) electrons. The van der Waals surface area contributed by atoms with E-state index in [0.717, 1.165) is 0 Å². The third-order valence-electron chi connectivity index (χ3n) is 6.68. The zero-order valence-electron chi connectivity index (χ0n) is 18.2. The van der Waals surface area contributed by atoms with Gasteiger partial charge in [-0.3, -0.25) is 9.59 Å². The molecule has 2 heterocycles. The minimum absolute atomic E-state index is 0.0857. The van der Waals surface area contributed by atoms with Crippen molar-refractivity contribution < 1.29 is 29.0 Å². The first-order valence-electron chi connectivity index (χ1n) is 11.0. The van der Waals surface area contributed by atoms with Gasteiger partial charge in [0.2, 0.25) is 0 Å². The molecule has 2 aromatic carbocycles. The second kappa shape index (κ2) is 8.07. The number of fused-ring (bicyclic) bond motifs is 2. The topological polar surface area (TPSA) is 120 Å². The first kappa shape index (κ1) is 21.8. The van der Waals surface area contributed by atoms with Crippen LogP contribution in [-0.2, 0) is 15.1 Å². The van der Waals surface area contributed by atoms with E-state index in [0.29, 0.717) is 27.1 Å². The number of benzene rings is 2. The van der Waals surface area contributed by atoms with Crippen LogP contribution in [0.3, 0.4) is 0 Å². The summed E-state index contributed by atoms with van der Waals surface area (Å²) in [6.07, 6.45) is 3.17. The molecule has 0 atom stereocenters. The number of carbonyl (C=O) groups is 3. The van der Waals surface area contributed by atoms with Crippen LogP contribution in [0.15, 0.2) is 73.1 Å². The van der Waals surface area contributed by atoms with Crippen LogP contribution in [0.5, 0.6) is 0 Å². The third-order valence-corrected chi connectivity index (χ3v) is 6.68. The number of aliphatic hydroxyl groups is 1. The third kappa shape index (κ3) is 3.72. The molecule has 5 rings (SSSR count). The highest BCUT2D eigenvalue weighted by molar-refractivity contribution is 6.09. The van der Waals surface area contributed by atoms with Crippen molar-refractivity contribution in [2.75, 3.05) is 5.32 Å². The predicted octanol–water partition coefficient (Wildman–Crippen LogP) is 2.86. The van der Waals surface area contributed by atoms with Crippen molar-refractivity contribution >= 4 is 23.3 Å². The van der Waals surface area contributed by atoms with E-state index in [2.05, 4.69) is 5.32 Å². The van der Waals surface area contributed by atoms with Crippen LogP contribution in [0.1, 0.15) is 57.5 Å². The molecular weight excluding hydrogens is 436 g/mol. The van der Waals surface area contributed by atoms with Crippen LogP contribution in [0.2, 0.25) is 0 Å². The molecule has 3 aromatic rings. The zero-order valence-corrected chi connectivity index (χ0v) is 18.2. The predicted molar refractivity (Wildman–Crippen MR) is 121 cm³/mol. The van der Waals surface area contributed by atoms with E-state index >= 15 is 0 Å². The average Bonchev–Trinajstić information content (AvgIpc) is 3.12. The summed E-state index contributed by atoms with van der Waals surface area (Å²) in [7, 11) is 0. The van der Waals surface area contributed by atoms with Gasteiger partial charge in [-0.25, -0.2) is 4.79 Å². The quantitative estimate of drug-likeness (QED) is 0.269. The van der Waals surface area contributed by atoms with Crippen molar-refractivity contribution in [3.63, 3.8) is 0 Å². The number of ether oxygens (including phenoxy) is 1. The van der Waals surface area contributed by atoms with Gasteiger partial charge >= 0.3 is 5.97 Å². The number of hydrogen-bond acceptors (Lipinski definition) is 6. The van der Waals surface area contributed by atoms with Crippen LogP contribution in [0.4, 0.5) is 5.69 Å². The van der Waals surface area contributed by atoms with Crippen molar-refractivity contribution in [3.05, 3.63) is 101 Å². The van der Waals surface area contributed by atoms with Gasteiger partial charge in [0.1, 0.15) is 16.8 Å². The minimum Gasteiger partial charge on any atom is -0.619 e. The summed E-state index contributed by atoms with van der Waals surface area (Å²) < 4.78 is 6.16. The van der Waals surface area contributed by atoms with Gasteiger partial charge < -0.3 is 20.4 Å². The maximum absolute atomic E-state index is 12.9. The molecule has 1 aromatic heterocycles. The Labute approximate surface area is 195 Å². The second-order valence-electron chi connectivity index (χ2n) is 8.77. The van der Waals surface area contributed by atoms with Gasteiger partial charge in [0.05, 0.1) is 0 Å². The summed E-state index contributed by atoms with van der Waals surface area (Å²) in [6, 6.07) is 17.0. The lowest BCUT2D eigenvalue weighted by atomic mass is 9.72. The number of ketones is 1. The number of anilines is 1. The van der Waals surface area contributed by atoms with E-state index in [1.165, 1.54) is 12.4 Å². The molecule has 1 aliphatic heterocycles. The number of amides is 1. The number of nitrogens with zero attached hydrogens (tertiary/aromatic N) is 1. The Balaban J connectivity index is 1.26. The summed E-state index contributed by atoms with van der Waals surface area (Å²) in [5.41, 5.74) is -0.212. The fraction of sp³-hybridized carbons (Fsp3) is 0.231. The van der Waals surface area contributed by atoms with E-state index in [9.17, 15) is 24.7 Å². The number of pyridine rings is 1. The SMILES string of the molecule is O=C(c1ccccc1)c1ccc(NC(=O)[C@]2(O)CC[C@@]3(CC2)OC(=O)c2c[n+]([O-])ccc23)cc1. The molecule has 2 N–H and O–H groups in total. The van der Waals surface area contributed by atoms with Gasteiger partial charge in [0, 0.05) is 28.4 Å². The van der Waals surface area contributed by atoms with E-state index in [1.807, 2.05) is 6.07 Å². The molecule has 34 heavy (non-hydrogen) atoms. The highest BCUT2D eigenvalue weighted by Gasteiger charge is 2.53. The Morgan fingerprint density at radius 1 is 0.941 bits per heavy atom. The summed E-state index contributed by atoms with van der Waals surface area (Å²) >= 11 is 0. The van der Waals surface area contributed by atoms with E-state index in [4.69, 9.17) is 4.74 Å². The van der Waals surface area contributed by atoms with Crippen molar-refractivity contribution in [1.82, 2.24) is 0 Å². The molecule has 1 saturated carbocycles. The Hall–Kier alpha value is -4.04. The maximum Gasteiger partial charge on any atom is 0.345 e. The molecule has 1 spiro atoms. The average molecular weight is 458 g/mol. The standard InChI is InChI=1S/C26H22N2O6/c29-22(17-4-2-1-3-5-17)18-6-8-19(9-7-18)27-24(31)25(32)11-13-26(14-12-25)21-10-15-28(33)16-20(21)23(30)34-26/h1-10,15-16,32H,11-14H2,(H,27,31)/t25-,26-. The Morgan fingerprint density at radius 2 is 1.59 bits per heavy atom. The Bertz CT molecular complexity index is 1280. The van der Waals surface area contributed by atoms with Crippen molar-refractivity contribution in [2.45, 2.75) is 36.9 Å². The lowest BCUT2D eigenvalue weighted by Gasteiger charge is -2.40. The normalized spacial score (nSPS) is 23.3. The highest BCUT2D eigenvalue weighted by Crippen LogP contribution is 2.49. The summed E-state index contributed by atoms with van der Waals surface area (Å²) in [6.45, 7) is 0. The maximum atomic E-state index is 12.9. The molecule has 2 aliphatic rings. The molecule has 0 unspecified atom stereocenters. The van der Waals surface area contributed by atoms with Crippen LogP contribution in [0.25, 0.3) is 0 Å². The zero-order chi connectivity index (χ0) is 23.9.